The van der Waals surface area contributed by atoms with Gasteiger partial charge in [0.15, 0.2) is 5.58 Å². The highest BCUT2D eigenvalue weighted by Gasteiger charge is 2.02. The van der Waals surface area contributed by atoms with E-state index in [9.17, 15) is 4.79 Å². The molecule has 20 heavy (non-hydrogen) atoms. The van der Waals surface area contributed by atoms with Crippen LogP contribution < -0.4 is 11.1 Å². The Kier molecular flexibility index (Phi) is 2.98. The molecule has 0 aliphatic heterocycles. The number of hydrogen-bond acceptors (Lipinski definition) is 4. The zero-order valence-corrected chi connectivity index (χ0v) is 10.5. The zero-order valence-electron chi connectivity index (χ0n) is 10.5. The quantitative estimate of drug-likeness (QED) is 0.762. The van der Waals surface area contributed by atoms with Gasteiger partial charge >= 0.3 is 5.76 Å². The molecule has 0 aliphatic rings. The summed E-state index contributed by atoms with van der Waals surface area (Å²) < 4.78 is 4.94. The van der Waals surface area contributed by atoms with E-state index < -0.39 is 5.76 Å². The fraction of sp³-hybridized carbons (Fsp3) is 0.0667. The SMILES string of the molecule is N#Cc1cccc(CNc2ccc3oc(=O)[nH]c3c2)c1. The minimum Gasteiger partial charge on any atom is -0.408 e. The molecule has 3 aromatic rings. The van der Waals surface area contributed by atoms with E-state index in [1.165, 1.54) is 0 Å². The summed E-state index contributed by atoms with van der Waals surface area (Å²) in [5, 5.41) is 12.1. The van der Waals surface area contributed by atoms with Crippen molar-refractivity contribution in [1.29, 1.82) is 5.26 Å². The minimum absolute atomic E-state index is 0.459. The monoisotopic (exact) mass is 265 g/mol. The summed E-state index contributed by atoms with van der Waals surface area (Å²) in [5.74, 6) is -0.459. The van der Waals surface area contributed by atoms with Gasteiger partial charge in [0.05, 0.1) is 17.1 Å². The Morgan fingerprint density at radius 1 is 1.25 bits per heavy atom. The van der Waals surface area contributed by atoms with Gasteiger partial charge in [0, 0.05) is 12.2 Å². The van der Waals surface area contributed by atoms with Gasteiger partial charge in [0.25, 0.3) is 0 Å². The topological polar surface area (TPSA) is 81.8 Å². The number of aromatic nitrogens is 1. The number of hydrogen-bond donors (Lipinski definition) is 2. The maximum absolute atomic E-state index is 11.1. The molecule has 98 valence electrons. The number of fused-ring (bicyclic) bond motifs is 1. The number of nitrogens with one attached hydrogen (secondary N) is 2. The predicted molar refractivity (Wildman–Crippen MR) is 75.3 cm³/mol. The summed E-state index contributed by atoms with van der Waals surface area (Å²) in [6, 6.07) is 14.9. The van der Waals surface area contributed by atoms with Crippen LogP contribution in [0.4, 0.5) is 5.69 Å². The second-order valence-corrected chi connectivity index (χ2v) is 4.39. The lowest BCUT2D eigenvalue weighted by Crippen LogP contribution is -1.99. The average molecular weight is 265 g/mol. The first kappa shape index (κ1) is 12.1. The van der Waals surface area contributed by atoms with Crippen LogP contribution in [0.1, 0.15) is 11.1 Å². The van der Waals surface area contributed by atoms with Crippen molar-refractivity contribution in [3.63, 3.8) is 0 Å². The van der Waals surface area contributed by atoms with Gasteiger partial charge in [-0.1, -0.05) is 12.1 Å². The maximum atomic E-state index is 11.1. The Balaban J connectivity index is 1.79. The molecule has 3 rings (SSSR count). The van der Waals surface area contributed by atoms with Gasteiger partial charge < -0.3 is 9.73 Å². The Morgan fingerprint density at radius 3 is 3.00 bits per heavy atom. The molecule has 5 heteroatoms. The number of anilines is 1. The second kappa shape index (κ2) is 4.94. The van der Waals surface area contributed by atoms with E-state index in [-0.39, 0.29) is 0 Å². The molecule has 0 saturated carbocycles. The van der Waals surface area contributed by atoms with Gasteiger partial charge in [-0.3, -0.25) is 4.98 Å². The van der Waals surface area contributed by atoms with Crippen LogP contribution in [0.5, 0.6) is 0 Å². The number of benzene rings is 2. The van der Waals surface area contributed by atoms with Gasteiger partial charge in [-0.2, -0.15) is 5.26 Å². The molecular weight excluding hydrogens is 254 g/mol. The molecule has 1 aromatic heterocycles. The molecular formula is C15H11N3O2. The normalized spacial score (nSPS) is 10.3. The molecule has 1 heterocycles. The Morgan fingerprint density at radius 2 is 2.15 bits per heavy atom. The Bertz CT molecular complexity index is 855. The van der Waals surface area contributed by atoms with E-state index in [1.54, 1.807) is 12.1 Å². The molecule has 0 aliphatic carbocycles. The largest absolute Gasteiger partial charge is 0.417 e. The van der Waals surface area contributed by atoms with E-state index in [0.717, 1.165) is 11.3 Å². The lowest BCUT2D eigenvalue weighted by atomic mass is 10.1. The van der Waals surface area contributed by atoms with Crippen LogP contribution in [0.2, 0.25) is 0 Å². The van der Waals surface area contributed by atoms with Gasteiger partial charge in [-0.15, -0.1) is 0 Å². The lowest BCUT2D eigenvalue weighted by molar-refractivity contribution is 0.555. The third-order valence-corrected chi connectivity index (χ3v) is 2.97. The zero-order chi connectivity index (χ0) is 13.9. The first-order valence-corrected chi connectivity index (χ1v) is 6.10. The van der Waals surface area contributed by atoms with Crippen LogP contribution in [-0.2, 0) is 6.54 Å². The molecule has 0 bridgehead atoms. The molecule has 0 radical (unpaired) electrons. The average Bonchev–Trinajstić information content (AvgIpc) is 2.84. The number of rotatable bonds is 3. The first-order chi connectivity index (χ1) is 9.74. The summed E-state index contributed by atoms with van der Waals surface area (Å²) in [6.45, 7) is 0.600. The highest BCUT2D eigenvalue weighted by atomic mass is 16.4. The Labute approximate surface area is 114 Å². The van der Waals surface area contributed by atoms with E-state index >= 15 is 0 Å². The summed E-state index contributed by atoms with van der Waals surface area (Å²) in [4.78, 5) is 13.7. The van der Waals surface area contributed by atoms with Crippen molar-refractivity contribution in [2.75, 3.05) is 5.32 Å². The number of nitriles is 1. The lowest BCUT2D eigenvalue weighted by Gasteiger charge is -2.06. The van der Waals surface area contributed by atoms with Crippen molar-refractivity contribution in [3.05, 3.63) is 64.1 Å². The fourth-order valence-corrected chi connectivity index (χ4v) is 2.02. The van der Waals surface area contributed by atoms with E-state index in [0.29, 0.717) is 23.2 Å². The predicted octanol–water partition coefficient (Wildman–Crippen LogP) is 2.60. The van der Waals surface area contributed by atoms with E-state index in [1.807, 2.05) is 30.3 Å². The molecule has 0 atom stereocenters. The van der Waals surface area contributed by atoms with Crippen LogP contribution in [0, 0.1) is 11.3 Å². The number of aromatic amines is 1. The maximum Gasteiger partial charge on any atom is 0.417 e. The number of nitrogens with zero attached hydrogens (tertiary/aromatic N) is 1. The van der Waals surface area contributed by atoms with Crippen LogP contribution in [0.25, 0.3) is 11.1 Å². The van der Waals surface area contributed by atoms with E-state index in [2.05, 4.69) is 16.4 Å². The fourth-order valence-electron chi connectivity index (χ4n) is 2.02. The first-order valence-electron chi connectivity index (χ1n) is 6.10. The summed E-state index contributed by atoms with van der Waals surface area (Å²) in [6.07, 6.45) is 0. The highest BCUT2D eigenvalue weighted by molar-refractivity contribution is 5.76. The van der Waals surface area contributed by atoms with Crippen molar-refractivity contribution in [2.24, 2.45) is 0 Å². The smallest absolute Gasteiger partial charge is 0.408 e. The van der Waals surface area contributed by atoms with Crippen molar-refractivity contribution in [1.82, 2.24) is 4.98 Å². The number of H-pyrrole nitrogens is 1. The second-order valence-electron chi connectivity index (χ2n) is 4.39. The highest BCUT2D eigenvalue weighted by Crippen LogP contribution is 2.17. The van der Waals surface area contributed by atoms with Crippen molar-refractivity contribution >= 4 is 16.8 Å². The van der Waals surface area contributed by atoms with Gasteiger partial charge in [0.2, 0.25) is 0 Å². The summed E-state index contributed by atoms with van der Waals surface area (Å²) in [5.41, 5.74) is 3.72. The molecule has 0 amide bonds. The molecule has 0 spiro atoms. The minimum atomic E-state index is -0.459. The van der Waals surface area contributed by atoms with Crippen LogP contribution in [-0.4, -0.2) is 4.98 Å². The summed E-state index contributed by atoms with van der Waals surface area (Å²) >= 11 is 0. The number of oxazole rings is 1. The standard InChI is InChI=1S/C15H11N3O2/c16-8-10-2-1-3-11(6-10)9-17-12-4-5-14-13(7-12)18-15(19)20-14/h1-7,17H,9H2,(H,18,19). The van der Waals surface area contributed by atoms with Crippen molar-refractivity contribution in [2.45, 2.75) is 6.54 Å². The van der Waals surface area contributed by atoms with Crippen molar-refractivity contribution in [3.8, 4) is 6.07 Å². The van der Waals surface area contributed by atoms with E-state index in [4.69, 9.17) is 9.68 Å². The summed E-state index contributed by atoms with van der Waals surface area (Å²) in [7, 11) is 0. The molecule has 0 saturated heterocycles. The Hall–Kier alpha value is -3.00. The molecule has 0 unspecified atom stereocenters. The molecule has 2 aromatic carbocycles. The van der Waals surface area contributed by atoms with Gasteiger partial charge in [-0.25, -0.2) is 4.79 Å². The molecule has 2 N–H and O–H groups in total. The van der Waals surface area contributed by atoms with Gasteiger partial charge in [-0.05, 0) is 35.9 Å². The van der Waals surface area contributed by atoms with Crippen LogP contribution >= 0.6 is 0 Å². The molecule has 5 nitrogen and oxygen atoms in total. The van der Waals surface area contributed by atoms with Gasteiger partial charge in [0.1, 0.15) is 0 Å². The third-order valence-electron chi connectivity index (χ3n) is 2.97. The van der Waals surface area contributed by atoms with Crippen LogP contribution in [0.3, 0.4) is 0 Å². The van der Waals surface area contributed by atoms with Crippen LogP contribution in [0.15, 0.2) is 51.7 Å². The van der Waals surface area contributed by atoms with Crippen molar-refractivity contribution < 1.29 is 4.42 Å². The third kappa shape index (κ3) is 2.40. The molecule has 0 fully saturated rings.